The van der Waals surface area contributed by atoms with Crippen molar-refractivity contribution in [2.45, 2.75) is 26.5 Å². The Morgan fingerprint density at radius 3 is 2.74 bits per heavy atom. The van der Waals surface area contributed by atoms with Crippen molar-refractivity contribution >= 4 is 38.9 Å². The van der Waals surface area contributed by atoms with Crippen molar-refractivity contribution in [3.05, 3.63) is 81.6 Å². The average Bonchev–Trinajstić information content (AvgIpc) is 3.38. The number of aromatic nitrogens is 5. The van der Waals surface area contributed by atoms with E-state index in [1.54, 1.807) is 27.7 Å². The highest BCUT2D eigenvalue weighted by atomic mass is 79.9. The van der Waals surface area contributed by atoms with Crippen molar-refractivity contribution in [1.29, 1.82) is 0 Å². The van der Waals surface area contributed by atoms with Crippen molar-refractivity contribution in [3.63, 3.8) is 0 Å². The van der Waals surface area contributed by atoms with Crippen LogP contribution < -0.4 is 10.5 Å². The van der Waals surface area contributed by atoms with Gasteiger partial charge in [0.05, 0.1) is 0 Å². The summed E-state index contributed by atoms with van der Waals surface area (Å²) in [5, 5.41) is 9.32. The molecule has 7 nitrogen and oxygen atoms in total. The number of nitrogens with zero attached hydrogens (tertiary/aromatic N) is 5. The molecule has 4 aromatic rings. The summed E-state index contributed by atoms with van der Waals surface area (Å²) < 4.78 is 24.6. The maximum Gasteiger partial charge on any atom is 0.166 e. The van der Waals surface area contributed by atoms with Crippen molar-refractivity contribution < 1.29 is 9.13 Å². The number of hydrogen-bond donors (Lipinski definition) is 1. The number of rotatable bonds is 7. The van der Waals surface area contributed by atoms with E-state index < -0.39 is 11.9 Å². The minimum absolute atomic E-state index is 0.238. The number of hydrogen-bond acceptors (Lipinski definition) is 5. The fraction of sp³-hybridized carbons (Fsp3) is 0.208. The Morgan fingerprint density at radius 2 is 2.03 bits per heavy atom. The second-order valence-electron chi connectivity index (χ2n) is 7.76. The van der Waals surface area contributed by atoms with Crippen LogP contribution in [0.5, 0.6) is 5.75 Å². The van der Waals surface area contributed by atoms with Crippen LogP contribution in [0.1, 0.15) is 36.6 Å². The van der Waals surface area contributed by atoms with Crippen molar-refractivity contribution in [2.75, 3.05) is 5.73 Å². The van der Waals surface area contributed by atoms with E-state index in [1.807, 2.05) is 33.3 Å². The molecule has 0 aliphatic carbocycles. The summed E-state index contributed by atoms with van der Waals surface area (Å²) >= 11 is 9.75. The molecule has 2 N–H and O–H groups in total. The van der Waals surface area contributed by atoms with Crippen LogP contribution in [0.2, 0.25) is 5.15 Å². The molecule has 0 aliphatic rings. The number of aryl methyl sites for hydroxylation is 2. The van der Waals surface area contributed by atoms with Gasteiger partial charge in [0.1, 0.15) is 17.6 Å². The smallest absolute Gasteiger partial charge is 0.166 e. The minimum atomic E-state index is -0.557. The molecule has 0 unspecified atom stereocenters. The zero-order valence-electron chi connectivity index (χ0n) is 18.9. The molecule has 0 radical (unpaired) electrons. The van der Waals surface area contributed by atoms with Crippen LogP contribution in [0, 0.1) is 5.82 Å². The summed E-state index contributed by atoms with van der Waals surface area (Å²) in [5.41, 5.74) is 10.0. The number of nitrogens with two attached hydrogens (primary N) is 1. The molecule has 0 amide bonds. The lowest BCUT2D eigenvalue weighted by atomic mass is 9.94. The summed E-state index contributed by atoms with van der Waals surface area (Å²) in [6, 6.07) is 6.23. The molecule has 1 aromatic carbocycles. The minimum Gasteiger partial charge on any atom is -0.482 e. The van der Waals surface area contributed by atoms with Gasteiger partial charge in [0, 0.05) is 58.9 Å². The van der Waals surface area contributed by atoms with Crippen molar-refractivity contribution in [3.8, 4) is 17.0 Å². The number of benzene rings is 1. The fourth-order valence-corrected chi connectivity index (χ4v) is 4.25. The van der Waals surface area contributed by atoms with E-state index in [2.05, 4.69) is 37.7 Å². The highest BCUT2D eigenvalue weighted by molar-refractivity contribution is 9.10. The Kier molecular flexibility index (Phi) is 6.77. The van der Waals surface area contributed by atoms with Crippen LogP contribution in [0.3, 0.4) is 0 Å². The third kappa shape index (κ3) is 4.71. The monoisotopic (exact) mass is 544 g/mol. The first-order valence-electron chi connectivity index (χ1n) is 10.5. The van der Waals surface area contributed by atoms with Gasteiger partial charge in [0.25, 0.3) is 0 Å². The van der Waals surface area contributed by atoms with Crippen LogP contribution in [-0.2, 0) is 13.6 Å². The van der Waals surface area contributed by atoms with E-state index in [4.69, 9.17) is 22.1 Å². The quantitative estimate of drug-likeness (QED) is 0.306. The lowest BCUT2D eigenvalue weighted by molar-refractivity contribution is 0.227. The van der Waals surface area contributed by atoms with Crippen LogP contribution in [-0.4, -0.2) is 24.5 Å². The first-order valence-corrected chi connectivity index (χ1v) is 11.7. The maximum absolute atomic E-state index is 14.4. The number of pyridine rings is 1. The van der Waals surface area contributed by atoms with E-state index in [1.165, 1.54) is 12.1 Å². The summed E-state index contributed by atoms with van der Waals surface area (Å²) in [4.78, 5) is 4.10. The number of ether oxygens (including phenoxy) is 1. The zero-order valence-corrected chi connectivity index (χ0v) is 21.2. The SMILES string of the molecule is C=C(c1cn(CC)nc1Cl)c1cn(C)nc1-c1ccc(F)cc1[C@@H](C)Oc1cc(Br)cnc1N. The molecule has 0 spiro atoms. The Morgan fingerprint density at radius 1 is 1.26 bits per heavy atom. The highest BCUT2D eigenvalue weighted by Crippen LogP contribution is 2.38. The summed E-state index contributed by atoms with van der Waals surface area (Å²) in [6.07, 6.45) is 4.73. The summed E-state index contributed by atoms with van der Waals surface area (Å²) in [5.74, 6) is 0.238. The lowest BCUT2D eigenvalue weighted by Crippen LogP contribution is -2.08. The molecule has 0 saturated carbocycles. The molecule has 0 saturated heterocycles. The Hall–Kier alpha value is -3.17. The zero-order chi connectivity index (χ0) is 24.6. The predicted octanol–water partition coefficient (Wildman–Crippen LogP) is 6.04. The molecule has 3 aromatic heterocycles. The van der Waals surface area contributed by atoms with Gasteiger partial charge in [0.2, 0.25) is 0 Å². The van der Waals surface area contributed by atoms with Crippen LogP contribution in [0.15, 0.2) is 53.9 Å². The second kappa shape index (κ2) is 9.60. The first kappa shape index (κ1) is 24.0. The van der Waals surface area contributed by atoms with Crippen molar-refractivity contribution in [2.24, 2.45) is 7.05 Å². The molecule has 34 heavy (non-hydrogen) atoms. The average molecular weight is 546 g/mol. The van der Waals surface area contributed by atoms with Gasteiger partial charge in [-0.2, -0.15) is 10.2 Å². The van der Waals surface area contributed by atoms with Gasteiger partial charge in [-0.1, -0.05) is 18.2 Å². The molecule has 0 fully saturated rings. The van der Waals surface area contributed by atoms with Gasteiger partial charge < -0.3 is 10.5 Å². The molecule has 1 atom stereocenters. The molecular formula is C24H23BrClFN6O. The Bertz CT molecular complexity index is 1380. The van der Waals surface area contributed by atoms with Crippen LogP contribution in [0.4, 0.5) is 10.2 Å². The molecule has 0 bridgehead atoms. The molecule has 4 rings (SSSR count). The summed E-state index contributed by atoms with van der Waals surface area (Å²) in [7, 11) is 1.81. The van der Waals surface area contributed by atoms with Gasteiger partial charge in [0.15, 0.2) is 16.7 Å². The van der Waals surface area contributed by atoms with E-state index in [0.29, 0.717) is 45.4 Å². The molecule has 176 valence electrons. The van der Waals surface area contributed by atoms with E-state index in [-0.39, 0.29) is 5.82 Å². The van der Waals surface area contributed by atoms with Gasteiger partial charge in [-0.15, -0.1) is 0 Å². The third-order valence-electron chi connectivity index (χ3n) is 5.38. The van der Waals surface area contributed by atoms with Gasteiger partial charge in [-0.3, -0.25) is 9.36 Å². The largest absolute Gasteiger partial charge is 0.482 e. The number of halogens is 3. The molecular weight excluding hydrogens is 523 g/mol. The van der Waals surface area contributed by atoms with Crippen molar-refractivity contribution in [1.82, 2.24) is 24.5 Å². The Labute approximate surface area is 210 Å². The van der Waals surface area contributed by atoms with E-state index in [0.717, 1.165) is 10.0 Å². The third-order valence-corrected chi connectivity index (χ3v) is 6.09. The van der Waals surface area contributed by atoms with Gasteiger partial charge in [-0.05, 0) is 59.6 Å². The topological polar surface area (TPSA) is 83.8 Å². The Balaban J connectivity index is 1.78. The lowest BCUT2D eigenvalue weighted by Gasteiger charge is -2.19. The van der Waals surface area contributed by atoms with Crippen LogP contribution >= 0.6 is 27.5 Å². The first-order chi connectivity index (χ1) is 16.2. The normalized spacial score (nSPS) is 12.1. The molecule has 0 aliphatic heterocycles. The number of anilines is 1. The predicted molar refractivity (Wildman–Crippen MR) is 135 cm³/mol. The number of nitrogen functional groups attached to an aromatic ring is 1. The molecule has 10 heteroatoms. The maximum atomic E-state index is 14.4. The van der Waals surface area contributed by atoms with Crippen LogP contribution in [0.25, 0.3) is 16.8 Å². The standard InChI is InChI=1S/C24H23BrClFN6O/c1-5-33-12-20(23(26)31-33)13(2)19-11-32(4)30-22(19)17-7-6-16(27)9-18(17)14(3)34-21-8-15(25)10-29-24(21)28/h6-12,14H,2,5H2,1,3-4H3,(H2,28,29)/t14-/m1/s1. The van der Waals surface area contributed by atoms with E-state index in [9.17, 15) is 4.39 Å². The fourth-order valence-electron chi connectivity index (χ4n) is 3.68. The highest BCUT2D eigenvalue weighted by Gasteiger charge is 2.23. The van der Waals surface area contributed by atoms with E-state index >= 15 is 0 Å². The second-order valence-corrected chi connectivity index (χ2v) is 9.04. The van der Waals surface area contributed by atoms with Gasteiger partial charge in [-0.25, -0.2) is 9.37 Å². The molecule has 3 heterocycles. The van der Waals surface area contributed by atoms with Gasteiger partial charge >= 0.3 is 0 Å². The summed E-state index contributed by atoms with van der Waals surface area (Å²) in [6.45, 7) is 8.73.